The zero-order valence-corrected chi connectivity index (χ0v) is 19.6. The van der Waals surface area contributed by atoms with Crippen LogP contribution in [-0.2, 0) is 15.9 Å². The van der Waals surface area contributed by atoms with Gasteiger partial charge in [-0.15, -0.1) is 0 Å². The third kappa shape index (κ3) is 5.00. The molecule has 0 N–H and O–H groups in total. The molecule has 3 aromatic carbocycles. The first-order valence-electron chi connectivity index (χ1n) is 12.2. The van der Waals surface area contributed by atoms with Crippen LogP contribution in [0.25, 0.3) is 22.3 Å². The molecule has 6 heteroatoms. The zero-order chi connectivity index (χ0) is 24.5. The number of aryl methyl sites for hydroxylation is 1. The molecule has 3 atom stereocenters. The average molecular weight is 485 g/mol. The molecule has 2 aliphatic rings. The van der Waals surface area contributed by atoms with Gasteiger partial charge in [-0.3, -0.25) is 0 Å². The fourth-order valence-corrected chi connectivity index (χ4v) is 4.87. The van der Waals surface area contributed by atoms with Gasteiger partial charge in [0.1, 0.15) is 6.10 Å². The molecule has 3 aromatic rings. The van der Waals surface area contributed by atoms with Gasteiger partial charge in [0.2, 0.25) is 0 Å². The maximum absolute atomic E-state index is 15.0. The summed E-state index contributed by atoms with van der Waals surface area (Å²) < 4.78 is 69.7. The molecular formula is C29H28F4O2. The van der Waals surface area contributed by atoms with E-state index in [1.807, 2.05) is 0 Å². The highest BCUT2D eigenvalue weighted by molar-refractivity contribution is 5.71. The Balaban J connectivity index is 1.30. The predicted octanol–water partition coefficient (Wildman–Crippen LogP) is 7.79. The van der Waals surface area contributed by atoms with Crippen molar-refractivity contribution in [3.8, 4) is 22.3 Å². The minimum Gasteiger partial charge on any atom is -0.378 e. The molecule has 0 saturated carbocycles. The van der Waals surface area contributed by atoms with Crippen LogP contribution in [0.4, 0.5) is 17.6 Å². The number of ether oxygens (including phenoxy) is 2. The molecule has 0 bridgehead atoms. The fourth-order valence-electron chi connectivity index (χ4n) is 4.87. The number of benzene rings is 3. The molecular weight excluding hydrogens is 456 g/mol. The van der Waals surface area contributed by atoms with Crippen LogP contribution in [-0.4, -0.2) is 19.3 Å². The molecule has 0 amide bonds. The Bertz CT molecular complexity index is 1200. The first kappa shape index (κ1) is 24.0. The summed E-state index contributed by atoms with van der Waals surface area (Å²) in [7, 11) is 0. The van der Waals surface area contributed by atoms with Crippen LogP contribution < -0.4 is 0 Å². The van der Waals surface area contributed by atoms with Gasteiger partial charge < -0.3 is 9.47 Å². The molecule has 2 fully saturated rings. The van der Waals surface area contributed by atoms with E-state index in [4.69, 9.17) is 9.47 Å². The predicted molar refractivity (Wildman–Crippen MR) is 127 cm³/mol. The number of rotatable bonds is 7. The van der Waals surface area contributed by atoms with Gasteiger partial charge in [0.05, 0.1) is 12.7 Å². The van der Waals surface area contributed by atoms with Gasteiger partial charge in [0.25, 0.3) is 0 Å². The van der Waals surface area contributed by atoms with Gasteiger partial charge in [0.15, 0.2) is 23.3 Å². The lowest BCUT2D eigenvalue weighted by atomic mass is 9.91. The molecule has 2 saturated heterocycles. The van der Waals surface area contributed by atoms with E-state index >= 15 is 0 Å². The Kier molecular flexibility index (Phi) is 6.94. The molecule has 0 radical (unpaired) electrons. The van der Waals surface area contributed by atoms with Crippen LogP contribution in [0.5, 0.6) is 0 Å². The Morgan fingerprint density at radius 2 is 1.34 bits per heavy atom. The smallest absolute Gasteiger partial charge is 0.167 e. The van der Waals surface area contributed by atoms with Crippen molar-refractivity contribution >= 4 is 0 Å². The van der Waals surface area contributed by atoms with Crippen molar-refractivity contribution in [1.29, 1.82) is 0 Å². The van der Waals surface area contributed by atoms with Crippen LogP contribution in [0.15, 0.2) is 48.5 Å². The monoisotopic (exact) mass is 484 g/mol. The standard InChI is InChI=1S/C29H28F4O2/c1-2-21-11-4-17(15-34-21)3-5-20-10-12-22(27(31)26(20)30)18-6-8-19(9-7-18)23-13-14-24(25-16-35-25)29(33)28(23)32/h6-10,12-14,17,21,25H,2-5,11,15-16H2,1H3. The molecule has 0 spiro atoms. The number of epoxide rings is 1. The van der Waals surface area contributed by atoms with E-state index in [-0.39, 0.29) is 22.8 Å². The highest BCUT2D eigenvalue weighted by atomic mass is 19.2. The minimum atomic E-state index is -0.944. The SMILES string of the molecule is CCC1CCC(CCc2ccc(-c3ccc(-c4ccc(C5CO5)c(F)c4F)cc3)c(F)c2F)CO1. The molecule has 2 aliphatic heterocycles. The molecule has 3 unspecified atom stereocenters. The van der Waals surface area contributed by atoms with Gasteiger partial charge in [-0.25, -0.2) is 17.6 Å². The second-order valence-electron chi connectivity index (χ2n) is 9.48. The third-order valence-electron chi connectivity index (χ3n) is 7.20. The Hall–Kier alpha value is -2.70. The van der Waals surface area contributed by atoms with Crippen LogP contribution in [0, 0.1) is 29.2 Å². The van der Waals surface area contributed by atoms with Crippen molar-refractivity contribution in [2.75, 3.05) is 13.2 Å². The second kappa shape index (κ2) is 10.1. The van der Waals surface area contributed by atoms with Gasteiger partial charge in [-0.05, 0) is 54.7 Å². The van der Waals surface area contributed by atoms with Crippen LogP contribution in [0.2, 0.25) is 0 Å². The van der Waals surface area contributed by atoms with Crippen molar-refractivity contribution in [1.82, 2.24) is 0 Å². The normalized spacial score (nSPS) is 21.8. The van der Waals surface area contributed by atoms with Crippen molar-refractivity contribution in [2.24, 2.45) is 5.92 Å². The zero-order valence-electron chi connectivity index (χ0n) is 19.6. The van der Waals surface area contributed by atoms with Crippen LogP contribution in [0.3, 0.4) is 0 Å². The van der Waals surface area contributed by atoms with Gasteiger partial charge >= 0.3 is 0 Å². The maximum Gasteiger partial charge on any atom is 0.167 e. The van der Waals surface area contributed by atoms with E-state index in [0.29, 0.717) is 48.3 Å². The van der Waals surface area contributed by atoms with E-state index < -0.39 is 23.3 Å². The lowest BCUT2D eigenvalue weighted by molar-refractivity contribution is -0.0190. The summed E-state index contributed by atoms with van der Waals surface area (Å²) in [6.07, 6.45) is 4.22. The number of hydrogen-bond acceptors (Lipinski definition) is 2. The molecule has 2 heterocycles. The topological polar surface area (TPSA) is 21.8 Å². The minimum absolute atomic E-state index is 0.109. The van der Waals surface area contributed by atoms with Crippen molar-refractivity contribution in [2.45, 2.75) is 51.2 Å². The number of halogens is 4. The van der Waals surface area contributed by atoms with E-state index in [9.17, 15) is 17.6 Å². The fraction of sp³-hybridized carbons (Fsp3) is 0.379. The van der Waals surface area contributed by atoms with E-state index in [0.717, 1.165) is 25.7 Å². The quantitative estimate of drug-likeness (QED) is 0.252. The highest BCUT2D eigenvalue weighted by Crippen LogP contribution is 2.36. The van der Waals surface area contributed by atoms with Crippen molar-refractivity contribution in [3.05, 3.63) is 82.9 Å². The lowest BCUT2D eigenvalue weighted by Gasteiger charge is -2.28. The first-order chi connectivity index (χ1) is 17.0. The summed E-state index contributed by atoms with van der Waals surface area (Å²) >= 11 is 0. The van der Waals surface area contributed by atoms with Crippen LogP contribution >= 0.6 is 0 Å². The Labute approximate surface area is 202 Å². The van der Waals surface area contributed by atoms with Crippen molar-refractivity contribution in [3.63, 3.8) is 0 Å². The summed E-state index contributed by atoms with van der Waals surface area (Å²) in [6.45, 7) is 3.17. The molecule has 184 valence electrons. The maximum atomic E-state index is 15.0. The molecule has 5 rings (SSSR count). The van der Waals surface area contributed by atoms with Gasteiger partial charge in [-0.1, -0.05) is 55.5 Å². The van der Waals surface area contributed by atoms with Crippen LogP contribution in [0.1, 0.15) is 49.8 Å². The van der Waals surface area contributed by atoms with E-state index in [1.54, 1.807) is 36.4 Å². The average Bonchev–Trinajstić information content (AvgIpc) is 3.72. The Morgan fingerprint density at radius 1 is 0.714 bits per heavy atom. The third-order valence-corrected chi connectivity index (χ3v) is 7.20. The molecule has 2 nitrogen and oxygen atoms in total. The summed E-state index contributed by atoms with van der Waals surface area (Å²) in [5.41, 5.74) is 1.73. The number of hydrogen-bond donors (Lipinski definition) is 0. The summed E-state index contributed by atoms with van der Waals surface area (Å²) in [6, 6.07) is 12.6. The van der Waals surface area contributed by atoms with E-state index in [2.05, 4.69) is 6.92 Å². The Morgan fingerprint density at radius 3 is 1.91 bits per heavy atom. The largest absolute Gasteiger partial charge is 0.378 e. The summed E-state index contributed by atoms with van der Waals surface area (Å²) in [5, 5.41) is 0. The highest BCUT2D eigenvalue weighted by Gasteiger charge is 2.30. The molecule has 0 aromatic heterocycles. The van der Waals surface area contributed by atoms with Crippen molar-refractivity contribution < 1.29 is 27.0 Å². The first-order valence-corrected chi connectivity index (χ1v) is 12.2. The lowest BCUT2D eigenvalue weighted by Crippen LogP contribution is -2.25. The van der Waals surface area contributed by atoms with Gasteiger partial charge in [0, 0.05) is 23.3 Å². The summed E-state index contributed by atoms with van der Waals surface area (Å²) in [4.78, 5) is 0. The second-order valence-corrected chi connectivity index (χ2v) is 9.48. The van der Waals surface area contributed by atoms with E-state index in [1.165, 1.54) is 12.1 Å². The summed E-state index contributed by atoms with van der Waals surface area (Å²) in [5.74, 6) is -3.22. The molecule has 35 heavy (non-hydrogen) atoms. The van der Waals surface area contributed by atoms with Gasteiger partial charge in [-0.2, -0.15) is 0 Å². The molecule has 0 aliphatic carbocycles.